The summed E-state index contributed by atoms with van der Waals surface area (Å²) in [4.78, 5) is 14.1. The minimum Gasteiger partial charge on any atom is -0.399 e. The van der Waals surface area contributed by atoms with Gasteiger partial charge in [0.15, 0.2) is 0 Å². The highest BCUT2D eigenvalue weighted by molar-refractivity contribution is 5.90. The van der Waals surface area contributed by atoms with Crippen LogP contribution in [0.4, 0.5) is 16.2 Å². The van der Waals surface area contributed by atoms with E-state index in [1.54, 1.807) is 12.1 Å². The molecule has 0 aromatic heterocycles. The summed E-state index contributed by atoms with van der Waals surface area (Å²) in [5.74, 6) is 0. The van der Waals surface area contributed by atoms with Gasteiger partial charge < -0.3 is 16.0 Å². The second kappa shape index (κ2) is 7.67. The van der Waals surface area contributed by atoms with Crippen LogP contribution in [0.1, 0.15) is 40.0 Å². The van der Waals surface area contributed by atoms with Gasteiger partial charge in [-0.15, -0.1) is 0 Å². The molecule has 1 aromatic carbocycles. The summed E-state index contributed by atoms with van der Waals surface area (Å²) in [6, 6.07) is 7.38. The Morgan fingerprint density at radius 3 is 2.68 bits per heavy atom. The Bertz CT molecular complexity index is 404. The van der Waals surface area contributed by atoms with Gasteiger partial charge in [0.2, 0.25) is 0 Å². The molecule has 4 heteroatoms. The molecule has 0 atom stereocenters. The third-order valence-corrected chi connectivity index (χ3v) is 3.02. The van der Waals surface area contributed by atoms with Gasteiger partial charge in [0.1, 0.15) is 0 Å². The van der Waals surface area contributed by atoms with Gasteiger partial charge in [-0.25, -0.2) is 4.79 Å². The molecule has 0 saturated heterocycles. The van der Waals surface area contributed by atoms with Crippen LogP contribution in [0, 0.1) is 0 Å². The van der Waals surface area contributed by atoms with Crippen LogP contribution in [0.25, 0.3) is 0 Å². The van der Waals surface area contributed by atoms with Crippen LogP contribution in [0.2, 0.25) is 0 Å². The van der Waals surface area contributed by atoms with Gasteiger partial charge in [-0.3, -0.25) is 0 Å². The Balaban J connectivity index is 2.61. The van der Waals surface area contributed by atoms with E-state index in [1.165, 1.54) is 0 Å². The maximum absolute atomic E-state index is 12.2. The fourth-order valence-corrected chi connectivity index (χ4v) is 1.94. The molecule has 3 N–H and O–H groups in total. The normalized spacial score (nSPS) is 10.5. The zero-order valence-corrected chi connectivity index (χ0v) is 12.1. The van der Waals surface area contributed by atoms with Crippen molar-refractivity contribution in [2.45, 2.75) is 46.1 Å². The molecule has 0 fully saturated rings. The number of nitrogen functional groups attached to an aromatic ring is 1. The van der Waals surface area contributed by atoms with Crippen LogP contribution in [-0.4, -0.2) is 23.5 Å². The Morgan fingerprint density at radius 1 is 1.37 bits per heavy atom. The van der Waals surface area contributed by atoms with Crippen LogP contribution in [0.15, 0.2) is 24.3 Å². The summed E-state index contributed by atoms with van der Waals surface area (Å²) in [5.41, 5.74) is 7.10. The summed E-state index contributed by atoms with van der Waals surface area (Å²) < 4.78 is 0. The number of urea groups is 1. The second-order valence-corrected chi connectivity index (χ2v) is 5.05. The number of unbranched alkanes of at least 4 members (excludes halogenated alkanes) is 2. The molecule has 0 heterocycles. The van der Waals surface area contributed by atoms with E-state index in [0.717, 1.165) is 31.5 Å². The average Bonchev–Trinajstić information content (AvgIpc) is 2.34. The number of benzene rings is 1. The Kier molecular flexibility index (Phi) is 6.19. The molecule has 0 aliphatic carbocycles. The summed E-state index contributed by atoms with van der Waals surface area (Å²) in [5, 5.41) is 2.90. The number of nitrogens with zero attached hydrogens (tertiary/aromatic N) is 1. The van der Waals surface area contributed by atoms with Crippen LogP contribution in [0.3, 0.4) is 0 Å². The first-order valence-electron chi connectivity index (χ1n) is 6.97. The van der Waals surface area contributed by atoms with Crippen LogP contribution in [0.5, 0.6) is 0 Å². The van der Waals surface area contributed by atoms with Gasteiger partial charge >= 0.3 is 6.03 Å². The van der Waals surface area contributed by atoms with Crippen molar-refractivity contribution in [3.05, 3.63) is 24.3 Å². The van der Waals surface area contributed by atoms with Crippen LogP contribution < -0.4 is 11.1 Å². The lowest BCUT2D eigenvalue weighted by atomic mass is 10.2. The minimum absolute atomic E-state index is 0.0586. The van der Waals surface area contributed by atoms with Gasteiger partial charge in [0.05, 0.1) is 0 Å². The van der Waals surface area contributed by atoms with Crippen molar-refractivity contribution in [1.82, 2.24) is 4.90 Å². The smallest absolute Gasteiger partial charge is 0.322 e. The summed E-state index contributed by atoms with van der Waals surface area (Å²) >= 11 is 0. The zero-order chi connectivity index (χ0) is 14.3. The zero-order valence-electron chi connectivity index (χ0n) is 12.1. The topological polar surface area (TPSA) is 58.4 Å². The van der Waals surface area contributed by atoms with E-state index < -0.39 is 0 Å². The molecule has 4 nitrogen and oxygen atoms in total. The summed E-state index contributed by atoms with van der Waals surface area (Å²) in [7, 11) is 0. The van der Waals surface area contributed by atoms with Crippen molar-refractivity contribution in [2.75, 3.05) is 17.6 Å². The fraction of sp³-hybridized carbons (Fsp3) is 0.533. The predicted octanol–water partition coefficient (Wildman–Crippen LogP) is 3.70. The molecule has 2 amide bonds. The lowest BCUT2D eigenvalue weighted by Gasteiger charge is -2.27. The highest BCUT2D eigenvalue weighted by atomic mass is 16.2. The number of rotatable bonds is 6. The molecule has 0 aliphatic heterocycles. The van der Waals surface area contributed by atoms with E-state index in [4.69, 9.17) is 5.73 Å². The van der Waals surface area contributed by atoms with E-state index in [2.05, 4.69) is 12.2 Å². The van der Waals surface area contributed by atoms with Gasteiger partial charge in [-0.05, 0) is 38.5 Å². The number of nitrogens with one attached hydrogen (secondary N) is 1. The Hall–Kier alpha value is -1.71. The average molecular weight is 263 g/mol. The largest absolute Gasteiger partial charge is 0.399 e. The first-order chi connectivity index (χ1) is 9.04. The van der Waals surface area contributed by atoms with Crippen molar-refractivity contribution < 1.29 is 4.79 Å². The number of anilines is 2. The lowest BCUT2D eigenvalue weighted by Crippen LogP contribution is -2.40. The number of hydrogen-bond acceptors (Lipinski definition) is 2. The molecule has 0 saturated carbocycles. The maximum atomic E-state index is 12.2. The molecule has 19 heavy (non-hydrogen) atoms. The number of carbonyl (C=O) groups excluding carboxylic acids is 1. The molecule has 0 bridgehead atoms. The number of nitrogens with two attached hydrogens (primary N) is 1. The second-order valence-electron chi connectivity index (χ2n) is 5.05. The highest BCUT2D eigenvalue weighted by Crippen LogP contribution is 2.13. The highest BCUT2D eigenvalue weighted by Gasteiger charge is 2.16. The molecule has 0 aliphatic rings. The van der Waals surface area contributed by atoms with Crippen LogP contribution >= 0.6 is 0 Å². The van der Waals surface area contributed by atoms with Crippen molar-refractivity contribution in [3.63, 3.8) is 0 Å². The van der Waals surface area contributed by atoms with Gasteiger partial charge in [-0.1, -0.05) is 25.8 Å². The Labute approximate surface area is 116 Å². The van der Waals surface area contributed by atoms with Gasteiger partial charge in [0.25, 0.3) is 0 Å². The van der Waals surface area contributed by atoms with E-state index in [1.807, 2.05) is 30.9 Å². The molecule has 0 spiro atoms. The van der Waals surface area contributed by atoms with Gasteiger partial charge in [-0.2, -0.15) is 0 Å². The molecule has 0 radical (unpaired) electrons. The van der Waals surface area contributed by atoms with E-state index in [9.17, 15) is 4.79 Å². The van der Waals surface area contributed by atoms with Crippen molar-refractivity contribution in [3.8, 4) is 0 Å². The molecular weight excluding hydrogens is 238 g/mol. The van der Waals surface area contributed by atoms with E-state index >= 15 is 0 Å². The molecule has 1 rings (SSSR count). The monoisotopic (exact) mass is 263 g/mol. The van der Waals surface area contributed by atoms with Gasteiger partial charge in [0, 0.05) is 24.0 Å². The maximum Gasteiger partial charge on any atom is 0.322 e. The molecule has 0 unspecified atom stereocenters. The first-order valence-corrected chi connectivity index (χ1v) is 6.97. The predicted molar refractivity (Wildman–Crippen MR) is 81.2 cm³/mol. The Morgan fingerprint density at radius 2 is 2.11 bits per heavy atom. The third-order valence-electron chi connectivity index (χ3n) is 3.02. The minimum atomic E-state index is -0.0586. The molecule has 106 valence electrons. The first kappa shape index (κ1) is 15.3. The van der Waals surface area contributed by atoms with E-state index in [0.29, 0.717) is 5.69 Å². The van der Waals surface area contributed by atoms with E-state index in [-0.39, 0.29) is 12.1 Å². The molecule has 1 aromatic rings. The van der Waals surface area contributed by atoms with Crippen molar-refractivity contribution in [1.29, 1.82) is 0 Å². The lowest BCUT2D eigenvalue weighted by molar-refractivity contribution is 0.195. The standard InChI is InChI=1S/C15H25N3O/c1-4-5-6-10-18(12(2)3)15(19)17-14-9-7-8-13(16)11-14/h7-9,11-12H,4-6,10,16H2,1-3H3,(H,17,19). The summed E-state index contributed by atoms with van der Waals surface area (Å²) in [6.07, 6.45) is 3.34. The quantitative estimate of drug-likeness (QED) is 0.607. The number of amides is 2. The summed E-state index contributed by atoms with van der Waals surface area (Å²) in [6.45, 7) is 7.02. The molecular formula is C15H25N3O. The van der Waals surface area contributed by atoms with Crippen molar-refractivity contribution >= 4 is 17.4 Å². The third kappa shape index (κ3) is 5.20. The van der Waals surface area contributed by atoms with Crippen LogP contribution in [-0.2, 0) is 0 Å². The SMILES string of the molecule is CCCCCN(C(=O)Nc1cccc(N)c1)C(C)C. The number of carbonyl (C=O) groups is 1. The number of hydrogen-bond donors (Lipinski definition) is 2. The van der Waals surface area contributed by atoms with Crippen molar-refractivity contribution in [2.24, 2.45) is 0 Å². The fourth-order valence-electron chi connectivity index (χ4n) is 1.94.